The van der Waals surface area contributed by atoms with Crippen LogP contribution in [0.5, 0.6) is 0 Å². The molecular formula is C18H27NO2. The van der Waals surface area contributed by atoms with Crippen molar-refractivity contribution in [2.24, 2.45) is 5.92 Å². The summed E-state index contributed by atoms with van der Waals surface area (Å²) in [5.41, 5.74) is 2.65. The zero-order valence-electron chi connectivity index (χ0n) is 13.5. The summed E-state index contributed by atoms with van der Waals surface area (Å²) < 4.78 is 5.26. The van der Waals surface area contributed by atoms with Crippen LogP contribution in [-0.4, -0.2) is 30.1 Å². The molecule has 1 aliphatic rings. The molecule has 1 unspecified atom stereocenters. The van der Waals surface area contributed by atoms with Crippen LogP contribution in [0.4, 0.5) is 0 Å². The number of aryl methyl sites for hydroxylation is 1. The minimum absolute atomic E-state index is 0.00949. The number of hydrogen-bond acceptors (Lipinski definition) is 3. The molecule has 3 heteroatoms. The topological polar surface area (TPSA) is 29.5 Å². The number of rotatable bonds is 5. The smallest absolute Gasteiger partial charge is 0.306 e. The molecule has 0 spiro atoms. The molecule has 0 bridgehead atoms. The minimum Gasteiger partial charge on any atom is -0.463 e. The fraction of sp³-hybridized carbons (Fsp3) is 0.611. The molecule has 1 aliphatic heterocycles. The number of likely N-dealkylation sites (tertiary alicyclic amines) is 1. The molecule has 1 heterocycles. The molecule has 1 saturated heterocycles. The minimum atomic E-state index is -0.0489. The van der Waals surface area contributed by atoms with E-state index in [2.05, 4.69) is 36.1 Å². The average Bonchev–Trinajstić information content (AvgIpc) is 2.41. The summed E-state index contributed by atoms with van der Waals surface area (Å²) >= 11 is 0. The van der Waals surface area contributed by atoms with E-state index in [1.54, 1.807) is 0 Å². The second-order valence-corrected chi connectivity index (χ2v) is 6.47. The van der Waals surface area contributed by atoms with Crippen molar-refractivity contribution in [1.29, 1.82) is 0 Å². The van der Waals surface area contributed by atoms with Gasteiger partial charge in [0.25, 0.3) is 0 Å². The fourth-order valence-corrected chi connectivity index (χ4v) is 2.96. The molecule has 0 radical (unpaired) electrons. The normalized spacial score (nSPS) is 19.7. The van der Waals surface area contributed by atoms with Crippen LogP contribution in [0.1, 0.15) is 44.2 Å². The van der Waals surface area contributed by atoms with Gasteiger partial charge in [-0.2, -0.15) is 0 Å². The number of benzene rings is 1. The average molecular weight is 289 g/mol. The van der Waals surface area contributed by atoms with Gasteiger partial charge in [0.1, 0.15) is 0 Å². The van der Waals surface area contributed by atoms with Crippen LogP contribution < -0.4 is 0 Å². The van der Waals surface area contributed by atoms with Crippen molar-refractivity contribution in [3.63, 3.8) is 0 Å². The monoisotopic (exact) mass is 289 g/mol. The lowest BCUT2D eigenvalue weighted by Crippen LogP contribution is -2.36. The third-order valence-electron chi connectivity index (χ3n) is 3.95. The standard InChI is InChI=1S/C18H27NO2/c1-14(2)21-18(20)11-17-5-4-10-19(13-17)12-16-8-6-15(3)7-9-16/h6-9,14,17H,4-5,10-13H2,1-3H3. The van der Waals surface area contributed by atoms with E-state index in [0.717, 1.165) is 26.1 Å². The summed E-state index contributed by atoms with van der Waals surface area (Å²) in [6.45, 7) is 9.03. The SMILES string of the molecule is Cc1ccc(CN2CCCC(CC(=O)OC(C)C)C2)cc1. The van der Waals surface area contributed by atoms with Crippen LogP contribution in [0, 0.1) is 12.8 Å². The second kappa shape index (κ2) is 7.60. The van der Waals surface area contributed by atoms with Gasteiger partial charge in [0.05, 0.1) is 6.10 Å². The molecule has 3 nitrogen and oxygen atoms in total. The molecule has 0 N–H and O–H groups in total. The summed E-state index contributed by atoms with van der Waals surface area (Å²) in [6.07, 6.45) is 2.86. The highest BCUT2D eigenvalue weighted by molar-refractivity contribution is 5.69. The Bertz CT molecular complexity index is 453. The van der Waals surface area contributed by atoms with Crippen LogP contribution in [-0.2, 0) is 16.1 Å². The van der Waals surface area contributed by atoms with Gasteiger partial charge in [0.2, 0.25) is 0 Å². The number of nitrogens with zero attached hydrogens (tertiary/aromatic N) is 1. The Hall–Kier alpha value is -1.35. The summed E-state index contributed by atoms with van der Waals surface area (Å²) in [6, 6.07) is 8.73. The van der Waals surface area contributed by atoms with Gasteiger partial charge in [-0.25, -0.2) is 0 Å². The molecule has 0 aromatic heterocycles. The van der Waals surface area contributed by atoms with Crippen molar-refractivity contribution in [3.8, 4) is 0 Å². The van der Waals surface area contributed by atoms with E-state index in [1.807, 2.05) is 13.8 Å². The number of ether oxygens (including phenoxy) is 1. The molecule has 0 aliphatic carbocycles. The van der Waals surface area contributed by atoms with E-state index in [1.165, 1.54) is 17.5 Å². The first-order valence-electron chi connectivity index (χ1n) is 8.00. The Morgan fingerprint density at radius 2 is 2.05 bits per heavy atom. The summed E-state index contributed by atoms with van der Waals surface area (Å²) in [4.78, 5) is 14.2. The molecule has 0 saturated carbocycles. The number of piperidine rings is 1. The second-order valence-electron chi connectivity index (χ2n) is 6.47. The van der Waals surface area contributed by atoms with E-state index < -0.39 is 0 Å². The number of hydrogen-bond donors (Lipinski definition) is 0. The summed E-state index contributed by atoms with van der Waals surface area (Å²) in [5.74, 6) is 0.391. The molecule has 1 aromatic rings. The maximum Gasteiger partial charge on any atom is 0.306 e. The predicted molar refractivity (Wildman–Crippen MR) is 85.0 cm³/mol. The third kappa shape index (κ3) is 5.50. The summed E-state index contributed by atoms with van der Waals surface area (Å²) in [7, 11) is 0. The van der Waals surface area contributed by atoms with Crippen LogP contribution in [0.3, 0.4) is 0 Å². The van der Waals surface area contributed by atoms with Crippen LogP contribution in [0.2, 0.25) is 0 Å². The molecule has 2 rings (SSSR count). The zero-order chi connectivity index (χ0) is 15.2. The highest BCUT2D eigenvalue weighted by atomic mass is 16.5. The molecule has 21 heavy (non-hydrogen) atoms. The van der Waals surface area contributed by atoms with Crippen LogP contribution in [0.25, 0.3) is 0 Å². The molecule has 1 fully saturated rings. The Morgan fingerprint density at radius 3 is 2.71 bits per heavy atom. The Morgan fingerprint density at radius 1 is 1.33 bits per heavy atom. The van der Waals surface area contributed by atoms with E-state index >= 15 is 0 Å². The molecular weight excluding hydrogens is 262 g/mol. The highest BCUT2D eigenvalue weighted by Crippen LogP contribution is 2.22. The summed E-state index contributed by atoms with van der Waals surface area (Å²) in [5, 5.41) is 0. The highest BCUT2D eigenvalue weighted by Gasteiger charge is 2.23. The van der Waals surface area contributed by atoms with Crippen LogP contribution >= 0.6 is 0 Å². The van der Waals surface area contributed by atoms with Crippen molar-refractivity contribution in [1.82, 2.24) is 4.90 Å². The van der Waals surface area contributed by atoms with Crippen molar-refractivity contribution < 1.29 is 9.53 Å². The van der Waals surface area contributed by atoms with Crippen molar-refractivity contribution in [3.05, 3.63) is 35.4 Å². The zero-order valence-corrected chi connectivity index (χ0v) is 13.5. The van der Waals surface area contributed by atoms with Gasteiger partial charge in [-0.15, -0.1) is 0 Å². The maximum absolute atomic E-state index is 11.8. The lowest BCUT2D eigenvalue weighted by molar-refractivity contribution is -0.149. The van der Waals surface area contributed by atoms with Crippen molar-refractivity contribution in [2.75, 3.05) is 13.1 Å². The third-order valence-corrected chi connectivity index (χ3v) is 3.95. The largest absolute Gasteiger partial charge is 0.463 e. The number of carbonyl (C=O) groups excluding carboxylic acids is 1. The lowest BCUT2D eigenvalue weighted by atomic mass is 9.94. The fourth-order valence-electron chi connectivity index (χ4n) is 2.96. The van der Waals surface area contributed by atoms with Gasteiger partial charge in [-0.1, -0.05) is 29.8 Å². The maximum atomic E-state index is 11.8. The molecule has 0 amide bonds. The first kappa shape index (κ1) is 16.0. The first-order valence-corrected chi connectivity index (χ1v) is 8.00. The van der Waals surface area contributed by atoms with Crippen molar-refractivity contribution in [2.45, 2.75) is 52.7 Å². The quantitative estimate of drug-likeness (QED) is 0.776. The van der Waals surface area contributed by atoms with Gasteiger partial charge in [0, 0.05) is 19.5 Å². The van der Waals surface area contributed by atoms with Gasteiger partial charge in [-0.3, -0.25) is 9.69 Å². The first-order chi connectivity index (χ1) is 10.0. The number of carbonyl (C=O) groups is 1. The lowest BCUT2D eigenvalue weighted by Gasteiger charge is -2.32. The van der Waals surface area contributed by atoms with E-state index in [4.69, 9.17) is 4.74 Å². The predicted octanol–water partition coefficient (Wildman–Crippen LogP) is 3.55. The van der Waals surface area contributed by atoms with E-state index in [9.17, 15) is 4.79 Å². The van der Waals surface area contributed by atoms with Crippen LogP contribution in [0.15, 0.2) is 24.3 Å². The Labute approximate surface area is 128 Å². The Balaban J connectivity index is 1.83. The van der Waals surface area contributed by atoms with Gasteiger partial charge >= 0.3 is 5.97 Å². The van der Waals surface area contributed by atoms with Gasteiger partial charge in [0.15, 0.2) is 0 Å². The molecule has 1 aromatic carbocycles. The molecule has 1 atom stereocenters. The van der Waals surface area contributed by atoms with Gasteiger partial charge in [-0.05, 0) is 51.6 Å². The Kier molecular flexibility index (Phi) is 5.80. The van der Waals surface area contributed by atoms with E-state index in [0.29, 0.717) is 12.3 Å². The molecule has 116 valence electrons. The van der Waals surface area contributed by atoms with Crippen molar-refractivity contribution >= 4 is 5.97 Å². The van der Waals surface area contributed by atoms with Gasteiger partial charge < -0.3 is 4.74 Å². The van der Waals surface area contributed by atoms with E-state index in [-0.39, 0.29) is 12.1 Å². The number of esters is 1.